The molecule has 0 bridgehead atoms. The predicted molar refractivity (Wildman–Crippen MR) is 44.6 cm³/mol. The zero-order valence-corrected chi connectivity index (χ0v) is 6.63. The van der Waals surface area contributed by atoms with Crippen molar-refractivity contribution in [3.05, 3.63) is 34.4 Å². The summed E-state index contributed by atoms with van der Waals surface area (Å²) in [5.74, 6) is 0. The van der Waals surface area contributed by atoms with Gasteiger partial charge >= 0.3 is 5.08 Å². The number of nitrogens with one attached hydrogen (secondary N) is 1. The lowest BCUT2D eigenvalue weighted by Gasteiger charge is -1.99. The normalized spacial score (nSPS) is 8.82. The fourth-order valence-electron chi connectivity index (χ4n) is 0.926. The third kappa shape index (κ3) is 1.47. The van der Waals surface area contributed by atoms with E-state index in [1.165, 1.54) is 5.56 Å². The molecule has 0 aliphatic carbocycles. The summed E-state index contributed by atoms with van der Waals surface area (Å²) >= 11 is 0. The first-order valence-corrected chi connectivity index (χ1v) is 3.42. The summed E-state index contributed by atoms with van der Waals surface area (Å²) in [4.78, 5) is 0. The number of hydrogen-bond acceptors (Lipinski definition) is 2. The second kappa shape index (κ2) is 3.02. The molecule has 0 saturated heterocycles. The van der Waals surface area contributed by atoms with E-state index < -0.39 is 0 Å². The molecule has 1 aromatic rings. The van der Waals surface area contributed by atoms with Gasteiger partial charge in [-0.3, -0.25) is 0 Å². The average Bonchev–Trinajstić information content (AvgIpc) is 1.99. The highest BCUT2D eigenvalue weighted by atomic mass is 15.3. The molecular formula is C8H10N3+. The number of diazo groups is 1. The standard InChI is InChI=1S/C8H10N3/c1-6-4-3-5-8(7(6)2)10-11-9/h3-5,10H,1-2H3/q+1. The Labute approximate surface area is 65.6 Å². The summed E-state index contributed by atoms with van der Waals surface area (Å²) in [5.41, 5.74) is 5.62. The van der Waals surface area contributed by atoms with Crippen LogP contribution in [0.4, 0.5) is 5.69 Å². The Bertz CT molecular complexity index is 299. The highest BCUT2D eigenvalue weighted by Gasteiger charge is 2.02. The van der Waals surface area contributed by atoms with Crippen molar-refractivity contribution in [1.82, 2.24) is 0 Å². The minimum atomic E-state index is 0.840. The maximum absolute atomic E-state index is 8.25. The van der Waals surface area contributed by atoms with Crippen molar-refractivity contribution in [3.8, 4) is 0 Å². The van der Waals surface area contributed by atoms with Crippen LogP contribution in [0.15, 0.2) is 18.2 Å². The van der Waals surface area contributed by atoms with Crippen molar-refractivity contribution in [3.63, 3.8) is 0 Å². The van der Waals surface area contributed by atoms with Crippen LogP contribution in [0.2, 0.25) is 0 Å². The smallest absolute Gasteiger partial charge is 0.0597 e. The molecule has 1 aromatic carbocycles. The fraction of sp³-hybridized carbons (Fsp3) is 0.250. The maximum Gasteiger partial charge on any atom is 0.308 e. The van der Waals surface area contributed by atoms with Crippen LogP contribution in [0.25, 0.3) is 5.08 Å². The van der Waals surface area contributed by atoms with Crippen molar-refractivity contribution >= 4 is 5.69 Å². The van der Waals surface area contributed by atoms with Crippen LogP contribution in [0.3, 0.4) is 0 Å². The lowest BCUT2D eigenvalue weighted by molar-refractivity contribution is 1.31. The monoisotopic (exact) mass is 148 g/mol. The summed E-state index contributed by atoms with van der Waals surface area (Å²) in [6, 6.07) is 5.79. The summed E-state index contributed by atoms with van der Waals surface area (Å²) in [6.07, 6.45) is 0. The van der Waals surface area contributed by atoms with Gasteiger partial charge in [-0.05, 0) is 36.5 Å². The molecule has 0 aromatic heterocycles. The van der Waals surface area contributed by atoms with Gasteiger partial charge in [0.1, 0.15) is 5.69 Å². The Morgan fingerprint density at radius 1 is 1.36 bits per heavy atom. The molecular weight excluding hydrogens is 138 g/mol. The molecule has 1 rings (SSSR count). The van der Waals surface area contributed by atoms with Gasteiger partial charge in [-0.1, -0.05) is 12.1 Å². The molecule has 0 amide bonds. The van der Waals surface area contributed by atoms with Crippen LogP contribution in [0, 0.1) is 19.2 Å². The van der Waals surface area contributed by atoms with Crippen LogP contribution >= 0.6 is 0 Å². The third-order valence-corrected chi connectivity index (χ3v) is 1.78. The minimum Gasteiger partial charge on any atom is -0.0597 e. The number of hydrogen-bond donors (Lipinski definition) is 1. The number of aryl methyl sites for hydroxylation is 1. The summed E-state index contributed by atoms with van der Waals surface area (Å²) in [5, 5.41) is 11.1. The summed E-state index contributed by atoms with van der Waals surface area (Å²) in [6.45, 7) is 3.99. The van der Waals surface area contributed by atoms with E-state index in [0.717, 1.165) is 11.3 Å². The number of nitrogens with zero attached hydrogens (tertiary/aromatic N) is 2. The molecule has 3 heteroatoms. The van der Waals surface area contributed by atoms with E-state index in [4.69, 9.17) is 5.39 Å². The lowest BCUT2D eigenvalue weighted by Crippen LogP contribution is -1.89. The van der Waals surface area contributed by atoms with Crippen LogP contribution in [0.5, 0.6) is 0 Å². The van der Waals surface area contributed by atoms with Crippen molar-refractivity contribution in [2.75, 3.05) is 5.43 Å². The van der Waals surface area contributed by atoms with E-state index in [1.54, 1.807) is 0 Å². The first-order valence-electron chi connectivity index (χ1n) is 3.42. The van der Waals surface area contributed by atoms with E-state index >= 15 is 0 Å². The van der Waals surface area contributed by atoms with Crippen LogP contribution in [0.1, 0.15) is 11.1 Å². The molecule has 0 aliphatic heterocycles. The Morgan fingerprint density at radius 3 is 2.73 bits per heavy atom. The Balaban J connectivity index is 3.08. The zero-order valence-electron chi connectivity index (χ0n) is 6.63. The van der Waals surface area contributed by atoms with E-state index in [9.17, 15) is 0 Å². The Kier molecular flexibility index (Phi) is 2.07. The van der Waals surface area contributed by atoms with Crippen LogP contribution in [-0.4, -0.2) is 0 Å². The van der Waals surface area contributed by atoms with Gasteiger partial charge in [0.2, 0.25) is 0 Å². The quantitative estimate of drug-likeness (QED) is 0.491. The Morgan fingerprint density at radius 2 is 2.09 bits per heavy atom. The SMILES string of the molecule is Cc1cccc(N[N+]#N)c1C. The second-order valence-corrected chi connectivity index (χ2v) is 2.46. The van der Waals surface area contributed by atoms with Crippen LogP contribution in [-0.2, 0) is 0 Å². The largest absolute Gasteiger partial charge is 0.308 e. The van der Waals surface area contributed by atoms with Gasteiger partial charge in [-0.2, -0.15) is 0 Å². The highest BCUT2D eigenvalue weighted by Crippen LogP contribution is 2.17. The molecule has 0 heterocycles. The fourth-order valence-corrected chi connectivity index (χ4v) is 0.926. The van der Waals surface area contributed by atoms with Crippen molar-refractivity contribution in [1.29, 1.82) is 5.39 Å². The molecule has 0 unspecified atom stereocenters. The molecule has 0 radical (unpaired) electrons. The minimum absolute atomic E-state index is 0.840. The van der Waals surface area contributed by atoms with E-state index in [1.807, 2.05) is 32.0 Å². The molecule has 0 spiro atoms. The third-order valence-electron chi connectivity index (χ3n) is 1.78. The lowest BCUT2D eigenvalue weighted by atomic mass is 10.1. The van der Waals surface area contributed by atoms with Gasteiger partial charge < -0.3 is 0 Å². The zero-order chi connectivity index (χ0) is 8.27. The van der Waals surface area contributed by atoms with E-state index in [2.05, 4.69) is 10.5 Å². The van der Waals surface area contributed by atoms with Gasteiger partial charge in [0, 0.05) is 0 Å². The number of anilines is 1. The predicted octanol–water partition coefficient (Wildman–Crippen LogP) is 2.48. The van der Waals surface area contributed by atoms with Crippen molar-refractivity contribution < 1.29 is 0 Å². The van der Waals surface area contributed by atoms with Crippen molar-refractivity contribution in [2.45, 2.75) is 13.8 Å². The van der Waals surface area contributed by atoms with Crippen molar-refractivity contribution in [2.24, 2.45) is 0 Å². The first-order chi connectivity index (χ1) is 5.25. The molecule has 11 heavy (non-hydrogen) atoms. The van der Waals surface area contributed by atoms with Gasteiger partial charge in [0.25, 0.3) is 5.39 Å². The summed E-state index contributed by atoms with van der Waals surface area (Å²) in [7, 11) is 0. The van der Waals surface area contributed by atoms with E-state index in [0.29, 0.717) is 0 Å². The number of benzene rings is 1. The first kappa shape index (κ1) is 7.55. The van der Waals surface area contributed by atoms with Gasteiger partial charge in [-0.25, -0.2) is 0 Å². The molecule has 56 valence electrons. The molecule has 3 nitrogen and oxygen atoms in total. The number of rotatable bonds is 1. The topological polar surface area (TPSA) is 40.2 Å². The second-order valence-electron chi connectivity index (χ2n) is 2.46. The van der Waals surface area contributed by atoms with Crippen LogP contribution < -0.4 is 5.43 Å². The average molecular weight is 148 g/mol. The summed E-state index contributed by atoms with van der Waals surface area (Å²) < 4.78 is 0. The van der Waals surface area contributed by atoms with E-state index in [-0.39, 0.29) is 0 Å². The van der Waals surface area contributed by atoms with Gasteiger partial charge in [0.15, 0.2) is 0 Å². The molecule has 0 atom stereocenters. The highest BCUT2D eigenvalue weighted by molar-refractivity contribution is 5.54. The molecule has 0 aliphatic rings. The molecule has 1 N–H and O–H groups in total. The molecule has 0 saturated carbocycles. The Hall–Kier alpha value is -1.56. The molecule has 0 fully saturated rings. The van der Waals surface area contributed by atoms with Gasteiger partial charge in [-0.15, -0.1) is 0 Å². The van der Waals surface area contributed by atoms with Gasteiger partial charge in [0.05, 0.1) is 0 Å². The maximum atomic E-state index is 8.25.